The zero-order valence-electron chi connectivity index (χ0n) is 24.6. The van der Waals surface area contributed by atoms with Gasteiger partial charge in [0.05, 0.1) is 14.2 Å². The molecule has 0 aliphatic heterocycles. The topological polar surface area (TPSA) is 137 Å². The Morgan fingerprint density at radius 2 is 1.05 bits per heavy atom. The molecule has 1 aromatic carbocycles. The molecule has 0 fully saturated rings. The third kappa shape index (κ3) is 24.2. The lowest BCUT2D eigenvalue weighted by Gasteiger charge is -2.26. The van der Waals surface area contributed by atoms with Gasteiger partial charge in [0.15, 0.2) is 12.5 Å². The van der Waals surface area contributed by atoms with Crippen LogP contribution in [-0.4, -0.2) is 76.6 Å². The van der Waals surface area contributed by atoms with E-state index in [0.29, 0.717) is 0 Å². The Bertz CT molecular complexity index is 876. The van der Waals surface area contributed by atoms with E-state index in [2.05, 4.69) is 41.5 Å². The largest absolute Gasteiger partial charge is 0.497 e. The lowest BCUT2D eigenvalue weighted by atomic mass is 10.3. The summed E-state index contributed by atoms with van der Waals surface area (Å²) in [4.78, 5) is 20.0. The highest BCUT2D eigenvalue weighted by atomic mass is 35.6. The fourth-order valence-corrected chi connectivity index (χ4v) is 8.44. The molecule has 1 aromatic rings. The quantitative estimate of drug-likeness (QED) is 0.111. The van der Waals surface area contributed by atoms with E-state index in [1.807, 2.05) is 24.3 Å². The minimum atomic E-state index is -5.08. The summed E-state index contributed by atoms with van der Waals surface area (Å²) in [6, 6.07) is 6.39. The Morgan fingerprint density at radius 3 is 1.21 bits per heavy atom. The molecule has 0 saturated carbocycles. The van der Waals surface area contributed by atoms with Crippen LogP contribution in [0.1, 0.15) is 41.5 Å². The first-order valence-electron chi connectivity index (χ1n) is 12.3. The molecule has 0 aliphatic carbocycles. The number of hydrogen-bond donors (Lipinski definition) is 5. The van der Waals surface area contributed by atoms with Crippen molar-refractivity contribution < 1.29 is 47.6 Å². The van der Waals surface area contributed by atoms with Crippen LogP contribution in [0, 0.1) is 0 Å². The highest BCUT2D eigenvalue weighted by Crippen LogP contribution is 2.30. The van der Waals surface area contributed by atoms with E-state index >= 15 is 0 Å². The number of benzene rings is 1. The molecule has 5 N–H and O–H groups in total. The molecule has 254 valence electrons. The van der Waals surface area contributed by atoms with E-state index in [9.17, 15) is 18.0 Å². The van der Waals surface area contributed by atoms with Gasteiger partial charge in [0.25, 0.3) is 0 Å². The van der Waals surface area contributed by atoms with Gasteiger partial charge in [-0.15, -0.1) is 0 Å². The Labute approximate surface area is 281 Å². The van der Waals surface area contributed by atoms with E-state index in [4.69, 9.17) is 99.2 Å². The van der Waals surface area contributed by atoms with Crippen molar-refractivity contribution in [2.45, 2.75) is 84.4 Å². The molecule has 0 aromatic heterocycles. The summed E-state index contributed by atoms with van der Waals surface area (Å²) < 4.78 is 37.4. The maximum atomic E-state index is 11.1. The van der Waals surface area contributed by atoms with Crippen molar-refractivity contribution >= 4 is 90.4 Å². The Hall–Kier alpha value is -0.773. The van der Waals surface area contributed by atoms with Crippen molar-refractivity contribution in [2.24, 2.45) is 0 Å². The number of nitrogens with one attached hydrogen (secondary N) is 2. The van der Waals surface area contributed by atoms with E-state index in [-0.39, 0.29) is 0 Å². The van der Waals surface area contributed by atoms with Crippen LogP contribution < -0.4 is 20.1 Å². The summed E-state index contributed by atoms with van der Waals surface area (Å²) >= 11 is 31.5. The number of hydrogen-bond acceptors (Lipinski definition) is 6. The van der Waals surface area contributed by atoms with Gasteiger partial charge in [0.1, 0.15) is 11.5 Å². The molecular formula is C24H39Cl6F3N2O7Si. The summed E-state index contributed by atoms with van der Waals surface area (Å²) in [5, 5.41) is 29.0. The van der Waals surface area contributed by atoms with Crippen LogP contribution in [0.25, 0.3) is 0 Å². The molecule has 43 heavy (non-hydrogen) atoms. The molecule has 2 unspecified atom stereocenters. The molecule has 0 heterocycles. The van der Waals surface area contributed by atoms with Crippen LogP contribution in [0.4, 0.5) is 18.0 Å². The molecule has 0 bridgehead atoms. The minimum Gasteiger partial charge on any atom is -0.497 e. The monoisotopic (exact) mass is 762 g/mol. The SMILES string of the molecule is CC(C)[SiH](C(C)C)C(C)C.COc1cccc(OC)c1.O=C(NC(O)C(Cl)(Cl)Cl)NC(O)C(Cl)(Cl)Cl.O=C(O)C(F)(F)F. The van der Waals surface area contributed by atoms with E-state index in [0.717, 1.165) is 28.1 Å². The molecule has 1 rings (SSSR count). The van der Waals surface area contributed by atoms with Gasteiger partial charge < -0.3 is 35.4 Å². The van der Waals surface area contributed by atoms with Crippen molar-refractivity contribution in [3.05, 3.63) is 24.3 Å². The molecule has 0 aliphatic rings. The molecule has 0 spiro atoms. The smallest absolute Gasteiger partial charge is 0.490 e. The second-order valence-corrected chi connectivity index (χ2v) is 19.4. The van der Waals surface area contributed by atoms with E-state index in [1.54, 1.807) is 24.9 Å². The van der Waals surface area contributed by atoms with Crippen LogP contribution in [0.3, 0.4) is 0 Å². The highest BCUT2D eigenvalue weighted by Gasteiger charge is 2.38. The lowest BCUT2D eigenvalue weighted by Crippen LogP contribution is -2.53. The number of aliphatic hydroxyl groups excluding tert-OH is 2. The number of carboxylic acids is 1. The zero-order valence-corrected chi connectivity index (χ0v) is 30.3. The third-order valence-electron chi connectivity index (χ3n) is 4.98. The number of aliphatic carboxylic acids is 1. The summed E-state index contributed by atoms with van der Waals surface area (Å²) in [5.74, 6) is -1.12. The molecular weight excluding hydrogens is 726 g/mol. The van der Waals surface area contributed by atoms with Gasteiger partial charge in [0, 0.05) is 14.9 Å². The normalized spacial score (nSPS) is 13.0. The van der Waals surface area contributed by atoms with Gasteiger partial charge in [0.2, 0.25) is 7.59 Å². The van der Waals surface area contributed by atoms with Crippen LogP contribution in [0.15, 0.2) is 24.3 Å². The van der Waals surface area contributed by atoms with Crippen LogP contribution in [0.5, 0.6) is 11.5 Å². The van der Waals surface area contributed by atoms with Crippen molar-refractivity contribution in [1.82, 2.24) is 10.6 Å². The number of halogens is 9. The molecule has 0 radical (unpaired) electrons. The highest BCUT2D eigenvalue weighted by molar-refractivity contribution is 6.68. The summed E-state index contributed by atoms with van der Waals surface area (Å²) in [6.45, 7) is 14.3. The molecule has 19 heteroatoms. The van der Waals surface area contributed by atoms with Gasteiger partial charge in [-0.25, -0.2) is 9.59 Å². The van der Waals surface area contributed by atoms with E-state index < -0.39 is 47.0 Å². The molecule has 0 saturated heterocycles. The second kappa shape index (κ2) is 21.9. The van der Waals surface area contributed by atoms with Crippen molar-refractivity contribution in [3.63, 3.8) is 0 Å². The number of methoxy groups -OCH3 is 2. The summed E-state index contributed by atoms with van der Waals surface area (Å²) in [7, 11) is 2.81. The average Bonchev–Trinajstić information content (AvgIpc) is 2.82. The summed E-state index contributed by atoms with van der Waals surface area (Å²) in [5.41, 5.74) is 2.92. The van der Waals surface area contributed by atoms with Gasteiger partial charge in [-0.2, -0.15) is 13.2 Å². The maximum absolute atomic E-state index is 11.1. The number of amides is 2. The van der Waals surface area contributed by atoms with Crippen LogP contribution in [-0.2, 0) is 4.79 Å². The Kier molecular flexibility index (Phi) is 23.7. The average molecular weight is 765 g/mol. The fourth-order valence-electron chi connectivity index (χ4n) is 3.49. The standard InChI is InChI=1S/C9H22Si.C8H10O2.C5H6Cl6N2O3.C2HF3O2/c1-7(2)10(8(3)4)9(5)6;1-9-7-4-3-5-8(6-7)10-2;6-4(7,8)1(14)12-3(16)13-2(15)5(9,10)11;3-2(4,5)1(6)7/h7-10H,1-6H3;3-6H,1-2H3;1-2,14-15H,(H2,12,13,16);(H,6,7). The van der Waals surface area contributed by atoms with Gasteiger partial charge >= 0.3 is 18.2 Å². The molecule has 2 atom stereocenters. The van der Waals surface area contributed by atoms with Gasteiger partial charge in [-0.3, -0.25) is 0 Å². The minimum absolute atomic E-state index is 0.454. The van der Waals surface area contributed by atoms with Crippen molar-refractivity contribution in [1.29, 1.82) is 0 Å². The first-order valence-corrected chi connectivity index (χ1v) is 16.5. The molecule has 2 amide bonds. The number of carbonyl (C=O) groups is 2. The number of rotatable bonds is 7. The Morgan fingerprint density at radius 1 is 0.767 bits per heavy atom. The first-order chi connectivity index (χ1) is 19.2. The number of carboxylic acid groups (broad SMARTS) is 1. The zero-order chi connectivity index (χ0) is 34.9. The summed E-state index contributed by atoms with van der Waals surface area (Å²) in [6.07, 6.45) is -8.67. The maximum Gasteiger partial charge on any atom is 0.490 e. The number of aliphatic hydroxyl groups is 2. The van der Waals surface area contributed by atoms with Gasteiger partial charge in [-0.1, -0.05) is 134 Å². The van der Waals surface area contributed by atoms with E-state index in [1.165, 1.54) is 0 Å². The first kappa shape index (κ1) is 46.6. The Balaban J connectivity index is -0.000000519. The number of ether oxygens (including phenoxy) is 2. The molecule has 9 nitrogen and oxygen atoms in total. The number of carbonyl (C=O) groups excluding carboxylic acids is 1. The van der Waals surface area contributed by atoms with Crippen molar-refractivity contribution in [3.8, 4) is 11.5 Å². The van der Waals surface area contributed by atoms with Crippen molar-refractivity contribution in [2.75, 3.05) is 14.2 Å². The lowest BCUT2D eigenvalue weighted by molar-refractivity contribution is -0.192. The van der Waals surface area contributed by atoms with Crippen LogP contribution in [0.2, 0.25) is 16.6 Å². The predicted molar refractivity (Wildman–Crippen MR) is 170 cm³/mol. The number of alkyl halides is 9. The fraction of sp³-hybridized carbons (Fsp3) is 0.667. The second-order valence-electron chi connectivity index (χ2n) is 9.50. The number of urea groups is 1. The predicted octanol–water partition coefficient (Wildman–Crippen LogP) is 7.44. The van der Waals surface area contributed by atoms with Gasteiger partial charge in [-0.05, 0) is 12.1 Å². The van der Waals surface area contributed by atoms with Crippen LogP contribution >= 0.6 is 69.6 Å². The third-order valence-corrected chi connectivity index (χ3v) is 10.8.